The number of H-pyrrole nitrogens is 1. The number of unbranched alkanes of at least 4 members (excludes halogenated alkanes) is 1. The standard InChI is InChI=1S/C14H19N3O3/c1-17(2)7-3-4-8-20-12-6-5-11-13(16-12)10(9-15-11)14(18)19/h5-6,9,15H,3-4,7-8H2,1-2H3,(H,18,19). The number of nitrogens with zero attached hydrogens (tertiary/aromatic N) is 2. The molecular formula is C14H19N3O3. The normalized spacial score (nSPS) is 11.2. The summed E-state index contributed by atoms with van der Waals surface area (Å²) >= 11 is 0. The van der Waals surface area contributed by atoms with Crippen molar-refractivity contribution >= 4 is 17.0 Å². The fourth-order valence-corrected chi connectivity index (χ4v) is 1.93. The molecule has 0 aliphatic rings. The predicted molar refractivity (Wildman–Crippen MR) is 76.3 cm³/mol. The van der Waals surface area contributed by atoms with Gasteiger partial charge in [-0.15, -0.1) is 0 Å². The fourth-order valence-electron chi connectivity index (χ4n) is 1.93. The molecule has 20 heavy (non-hydrogen) atoms. The molecule has 0 amide bonds. The van der Waals surface area contributed by atoms with Crippen LogP contribution >= 0.6 is 0 Å². The summed E-state index contributed by atoms with van der Waals surface area (Å²) in [6.45, 7) is 1.61. The van der Waals surface area contributed by atoms with Crippen molar-refractivity contribution in [3.05, 3.63) is 23.9 Å². The van der Waals surface area contributed by atoms with Crippen LogP contribution in [0.25, 0.3) is 11.0 Å². The molecule has 108 valence electrons. The van der Waals surface area contributed by atoms with Crippen molar-refractivity contribution in [1.82, 2.24) is 14.9 Å². The lowest BCUT2D eigenvalue weighted by atomic mass is 10.2. The summed E-state index contributed by atoms with van der Waals surface area (Å²) in [5, 5.41) is 9.06. The quantitative estimate of drug-likeness (QED) is 0.757. The summed E-state index contributed by atoms with van der Waals surface area (Å²) in [6, 6.07) is 3.53. The second-order valence-electron chi connectivity index (χ2n) is 4.91. The Morgan fingerprint density at radius 1 is 1.40 bits per heavy atom. The molecule has 0 aliphatic heterocycles. The first kappa shape index (κ1) is 14.3. The van der Waals surface area contributed by atoms with Gasteiger partial charge in [-0.2, -0.15) is 0 Å². The Labute approximate surface area is 117 Å². The minimum atomic E-state index is -0.994. The maximum Gasteiger partial charge on any atom is 0.339 e. The van der Waals surface area contributed by atoms with Gasteiger partial charge in [0.2, 0.25) is 5.88 Å². The molecule has 0 spiro atoms. The van der Waals surface area contributed by atoms with Gasteiger partial charge in [-0.1, -0.05) is 0 Å². The molecule has 0 saturated carbocycles. The third kappa shape index (κ3) is 3.48. The molecule has 0 atom stereocenters. The van der Waals surface area contributed by atoms with Gasteiger partial charge in [0.1, 0.15) is 11.1 Å². The monoisotopic (exact) mass is 277 g/mol. The average molecular weight is 277 g/mol. The van der Waals surface area contributed by atoms with Gasteiger partial charge >= 0.3 is 5.97 Å². The van der Waals surface area contributed by atoms with Gasteiger partial charge in [-0.3, -0.25) is 0 Å². The molecular weight excluding hydrogens is 258 g/mol. The number of aromatic carboxylic acids is 1. The molecule has 2 heterocycles. The number of nitrogens with one attached hydrogen (secondary N) is 1. The molecule has 0 fully saturated rings. The molecule has 0 radical (unpaired) electrons. The number of rotatable bonds is 7. The zero-order valence-electron chi connectivity index (χ0n) is 11.7. The topological polar surface area (TPSA) is 78.5 Å². The van der Waals surface area contributed by atoms with Gasteiger partial charge < -0.3 is 19.7 Å². The van der Waals surface area contributed by atoms with E-state index in [1.807, 2.05) is 14.1 Å². The number of hydrogen-bond donors (Lipinski definition) is 2. The lowest BCUT2D eigenvalue weighted by Crippen LogP contribution is -2.13. The Morgan fingerprint density at radius 2 is 2.20 bits per heavy atom. The number of carboxylic acid groups (broad SMARTS) is 1. The molecule has 6 heteroatoms. The van der Waals surface area contributed by atoms with Crippen LogP contribution < -0.4 is 4.74 Å². The smallest absolute Gasteiger partial charge is 0.339 e. The van der Waals surface area contributed by atoms with Gasteiger partial charge in [0.05, 0.1) is 12.1 Å². The SMILES string of the molecule is CN(C)CCCCOc1ccc2[nH]cc(C(=O)O)c2n1. The third-order valence-electron chi connectivity index (χ3n) is 2.98. The van der Waals surface area contributed by atoms with Gasteiger partial charge in [0.15, 0.2) is 0 Å². The minimum Gasteiger partial charge on any atom is -0.478 e. The molecule has 2 aromatic rings. The second kappa shape index (κ2) is 6.38. The number of carbonyl (C=O) groups is 1. The van der Waals surface area contributed by atoms with Crippen molar-refractivity contribution in [2.45, 2.75) is 12.8 Å². The molecule has 0 aromatic carbocycles. The minimum absolute atomic E-state index is 0.165. The van der Waals surface area contributed by atoms with E-state index < -0.39 is 5.97 Å². The molecule has 2 aromatic heterocycles. The molecule has 0 saturated heterocycles. The average Bonchev–Trinajstić information content (AvgIpc) is 2.81. The zero-order chi connectivity index (χ0) is 14.5. The molecule has 0 unspecified atom stereocenters. The highest BCUT2D eigenvalue weighted by Gasteiger charge is 2.12. The fraction of sp³-hybridized carbons (Fsp3) is 0.429. The van der Waals surface area contributed by atoms with E-state index in [2.05, 4.69) is 14.9 Å². The van der Waals surface area contributed by atoms with Crippen molar-refractivity contribution in [3.8, 4) is 5.88 Å². The molecule has 2 rings (SSSR count). The van der Waals surface area contributed by atoms with Crippen LogP contribution in [0.4, 0.5) is 0 Å². The number of aromatic amines is 1. The van der Waals surface area contributed by atoms with Crippen molar-refractivity contribution in [2.75, 3.05) is 27.2 Å². The number of pyridine rings is 1. The Bertz CT molecular complexity index is 592. The largest absolute Gasteiger partial charge is 0.478 e. The number of carboxylic acids is 1. The highest BCUT2D eigenvalue weighted by atomic mass is 16.5. The van der Waals surface area contributed by atoms with Crippen LogP contribution in [0.1, 0.15) is 23.2 Å². The maximum atomic E-state index is 11.0. The van der Waals surface area contributed by atoms with Crippen LogP contribution in [0.3, 0.4) is 0 Å². The van der Waals surface area contributed by atoms with Crippen LogP contribution in [-0.2, 0) is 0 Å². The number of fused-ring (bicyclic) bond motifs is 1. The van der Waals surface area contributed by atoms with Crippen LogP contribution in [0.5, 0.6) is 5.88 Å². The second-order valence-corrected chi connectivity index (χ2v) is 4.91. The van der Waals surface area contributed by atoms with Crippen LogP contribution in [-0.4, -0.2) is 53.2 Å². The number of aromatic nitrogens is 2. The Morgan fingerprint density at radius 3 is 2.90 bits per heavy atom. The number of ether oxygens (including phenoxy) is 1. The van der Waals surface area contributed by atoms with Crippen LogP contribution in [0, 0.1) is 0 Å². The molecule has 2 N–H and O–H groups in total. The summed E-state index contributed by atoms with van der Waals surface area (Å²) in [5.41, 5.74) is 1.30. The Hall–Kier alpha value is -2.08. The first-order chi connectivity index (χ1) is 9.58. The highest BCUT2D eigenvalue weighted by molar-refractivity contribution is 6.01. The van der Waals surface area contributed by atoms with Gasteiger partial charge in [-0.25, -0.2) is 9.78 Å². The lowest BCUT2D eigenvalue weighted by molar-refractivity contribution is 0.0699. The van der Waals surface area contributed by atoms with E-state index in [4.69, 9.17) is 9.84 Å². The van der Waals surface area contributed by atoms with Crippen molar-refractivity contribution in [2.24, 2.45) is 0 Å². The molecule has 0 aliphatic carbocycles. The summed E-state index contributed by atoms with van der Waals surface area (Å²) in [4.78, 5) is 20.3. The summed E-state index contributed by atoms with van der Waals surface area (Å²) < 4.78 is 5.56. The van der Waals surface area contributed by atoms with E-state index in [-0.39, 0.29) is 5.56 Å². The maximum absolute atomic E-state index is 11.0. The van der Waals surface area contributed by atoms with Gasteiger partial charge in [0, 0.05) is 12.3 Å². The summed E-state index contributed by atoms with van der Waals surface area (Å²) in [7, 11) is 4.07. The third-order valence-corrected chi connectivity index (χ3v) is 2.98. The van der Waals surface area contributed by atoms with Crippen molar-refractivity contribution in [1.29, 1.82) is 0 Å². The lowest BCUT2D eigenvalue weighted by Gasteiger charge is -2.09. The van der Waals surface area contributed by atoms with E-state index >= 15 is 0 Å². The molecule has 0 bridgehead atoms. The highest BCUT2D eigenvalue weighted by Crippen LogP contribution is 2.19. The van der Waals surface area contributed by atoms with Crippen LogP contribution in [0.15, 0.2) is 18.3 Å². The van der Waals surface area contributed by atoms with E-state index in [0.717, 1.165) is 19.4 Å². The first-order valence-electron chi connectivity index (χ1n) is 6.57. The van der Waals surface area contributed by atoms with Crippen molar-refractivity contribution in [3.63, 3.8) is 0 Å². The Kier molecular flexibility index (Phi) is 4.57. The van der Waals surface area contributed by atoms with Gasteiger partial charge in [-0.05, 0) is 39.5 Å². The van der Waals surface area contributed by atoms with E-state index in [1.54, 1.807) is 12.1 Å². The summed E-state index contributed by atoms with van der Waals surface area (Å²) in [5.74, 6) is -0.531. The Balaban J connectivity index is 1.97. The van der Waals surface area contributed by atoms with Gasteiger partial charge in [0.25, 0.3) is 0 Å². The van der Waals surface area contributed by atoms with Crippen molar-refractivity contribution < 1.29 is 14.6 Å². The van der Waals surface area contributed by atoms with E-state index in [1.165, 1.54) is 6.20 Å². The van der Waals surface area contributed by atoms with E-state index in [0.29, 0.717) is 23.5 Å². The van der Waals surface area contributed by atoms with Crippen LogP contribution in [0.2, 0.25) is 0 Å². The first-order valence-corrected chi connectivity index (χ1v) is 6.57. The predicted octanol–water partition coefficient (Wildman–Crippen LogP) is 1.98. The van der Waals surface area contributed by atoms with E-state index in [9.17, 15) is 4.79 Å². The number of hydrogen-bond acceptors (Lipinski definition) is 4. The molecule has 6 nitrogen and oxygen atoms in total. The zero-order valence-corrected chi connectivity index (χ0v) is 11.7. The summed E-state index contributed by atoms with van der Waals surface area (Å²) in [6.07, 6.45) is 3.44.